The predicted molar refractivity (Wildman–Crippen MR) is 120 cm³/mol. The van der Waals surface area contributed by atoms with Crippen molar-refractivity contribution in [3.05, 3.63) is 53.9 Å². The number of hydrogen-bond donors (Lipinski definition) is 1. The molecule has 2 fully saturated rings. The van der Waals surface area contributed by atoms with Gasteiger partial charge in [0.1, 0.15) is 5.60 Å². The number of nitrogens with zero attached hydrogens (tertiary/aromatic N) is 4. The van der Waals surface area contributed by atoms with Crippen molar-refractivity contribution in [2.24, 2.45) is 5.92 Å². The Hall–Kier alpha value is -2.44. The first-order valence-corrected chi connectivity index (χ1v) is 10.8. The van der Waals surface area contributed by atoms with Crippen LogP contribution in [0.4, 0.5) is 11.4 Å². The van der Waals surface area contributed by atoms with Crippen LogP contribution < -0.4 is 9.80 Å². The SMILES string of the molecule is CN1CCN(c2ccccc2C[C@H]2CCN(c3ccc(C(C)(C)O)nc3)C2=O)CC1. The van der Waals surface area contributed by atoms with E-state index in [1.165, 1.54) is 11.3 Å². The molecule has 1 atom stereocenters. The third-order valence-corrected chi connectivity index (χ3v) is 6.30. The van der Waals surface area contributed by atoms with E-state index < -0.39 is 5.60 Å². The second-order valence-corrected chi connectivity index (χ2v) is 9.06. The molecule has 0 aliphatic carbocycles. The molecule has 2 aliphatic rings. The van der Waals surface area contributed by atoms with Crippen molar-refractivity contribution in [2.45, 2.75) is 32.3 Å². The number of piperazine rings is 1. The lowest BCUT2D eigenvalue weighted by Gasteiger charge is -2.35. The maximum atomic E-state index is 13.2. The minimum Gasteiger partial charge on any atom is -0.384 e. The van der Waals surface area contributed by atoms with Gasteiger partial charge in [-0.05, 0) is 57.5 Å². The maximum Gasteiger partial charge on any atom is 0.230 e. The van der Waals surface area contributed by atoms with Gasteiger partial charge in [0.15, 0.2) is 0 Å². The van der Waals surface area contributed by atoms with Crippen LogP contribution in [-0.2, 0) is 16.8 Å². The van der Waals surface area contributed by atoms with E-state index in [2.05, 4.69) is 46.1 Å². The van der Waals surface area contributed by atoms with Gasteiger partial charge in [0.2, 0.25) is 5.91 Å². The van der Waals surface area contributed by atoms with Gasteiger partial charge < -0.3 is 19.8 Å². The molecule has 6 heteroatoms. The van der Waals surface area contributed by atoms with Gasteiger partial charge in [-0.25, -0.2) is 0 Å². The molecule has 2 aromatic rings. The third-order valence-electron chi connectivity index (χ3n) is 6.30. The van der Waals surface area contributed by atoms with Gasteiger partial charge in [0, 0.05) is 44.3 Å². The molecular weight excluding hydrogens is 376 g/mol. The van der Waals surface area contributed by atoms with Crippen LogP contribution in [0.15, 0.2) is 42.6 Å². The van der Waals surface area contributed by atoms with Gasteiger partial charge in [-0.3, -0.25) is 9.78 Å². The Kier molecular flexibility index (Phi) is 5.80. The number of pyridine rings is 1. The number of rotatable bonds is 5. The van der Waals surface area contributed by atoms with Crippen LogP contribution in [0, 0.1) is 5.92 Å². The molecule has 6 nitrogen and oxygen atoms in total. The molecule has 4 rings (SSSR count). The molecule has 1 amide bonds. The molecule has 0 radical (unpaired) electrons. The number of carbonyl (C=O) groups excluding carboxylic acids is 1. The van der Waals surface area contributed by atoms with E-state index in [0.29, 0.717) is 12.2 Å². The molecule has 1 N–H and O–H groups in total. The van der Waals surface area contributed by atoms with E-state index in [9.17, 15) is 9.90 Å². The summed E-state index contributed by atoms with van der Waals surface area (Å²) in [6.45, 7) is 8.32. The fraction of sp³-hybridized carbons (Fsp3) is 0.500. The largest absolute Gasteiger partial charge is 0.384 e. The summed E-state index contributed by atoms with van der Waals surface area (Å²) in [7, 11) is 2.16. The Morgan fingerprint density at radius 3 is 2.47 bits per heavy atom. The van der Waals surface area contributed by atoms with Gasteiger partial charge in [-0.1, -0.05) is 18.2 Å². The van der Waals surface area contributed by atoms with Crippen LogP contribution in [0.2, 0.25) is 0 Å². The lowest BCUT2D eigenvalue weighted by molar-refractivity contribution is -0.120. The number of benzene rings is 1. The number of carbonyl (C=O) groups is 1. The van der Waals surface area contributed by atoms with E-state index >= 15 is 0 Å². The zero-order valence-electron chi connectivity index (χ0n) is 18.2. The minimum absolute atomic E-state index is 0.00688. The first-order valence-electron chi connectivity index (χ1n) is 10.8. The summed E-state index contributed by atoms with van der Waals surface area (Å²) in [6.07, 6.45) is 3.32. The summed E-state index contributed by atoms with van der Waals surface area (Å²) in [5, 5.41) is 10.1. The van der Waals surface area contributed by atoms with Crippen LogP contribution >= 0.6 is 0 Å². The average molecular weight is 409 g/mol. The van der Waals surface area contributed by atoms with E-state index in [0.717, 1.165) is 44.7 Å². The number of para-hydroxylation sites is 1. The average Bonchev–Trinajstić information content (AvgIpc) is 3.09. The smallest absolute Gasteiger partial charge is 0.230 e. The number of likely N-dealkylation sites (N-methyl/N-ethyl adjacent to an activating group) is 1. The second kappa shape index (κ2) is 8.36. The van der Waals surface area contributed by atoms with Crippen molar-refractivity contribution in [2.75, 3.05) is 49.6 Å². The Bertz CT molecular complexity index is 883. The van der Waals surface area contributed by atoms with Crippen molar-refractivity contribution in [3.63, 3.8) is 0 Å². The highest BCUT2D eigenvalue weighted by Gasteiger charge is 2.33. The number of amides is 1. The summed E-state index contributed by atoms with van der Waals surface area (Å²) < 4.78 is 0. The van der Waals surface area contributed by atoms with E-state index in [4.69, 9.17) is 0 Å². The summed E-state index contributed by atoms with van der Waals surface area (Å²) in [5.41, 5.74) is 2.97. The number of aliphatic hydroxyl groups is 1. The molecule has 0 bridgehead atoms. The molecule has 30 heavy (non-hydrogen) atoms. The molecule has 1 aromatic carbocycles. The Morgan fingerprint density at radius 1 is 1.07 bits per heavy atom. The van der Waals surface area contributed by atoms with Crippen molar-refractivity contribution < 1.29 is 9.90 Å². The second-order valence-electron chi connectivity index (χ2n) is 9.06. The molecule has 2 aliphatic heterocycles. The van der Waals surface area contributed by atoms with Crippen molar-refractivity contribution in [1.82, 2.24) is 9.88 Å². The van der Waals surface area contributed by atoms with Crippen LogP contribution in [0.1, 0.15) is 31.5 Å². The van der Waals surface area contributed by atoms with Gasteiger partial charge in [-0.2, -0.15) is 0 Å². The molecule has 0 saturated carbocycles. The quantitative estimate of drug-likeness (QED) is 0.824. The fourth-order valence-corrected chi connectivity index (χ4v) is 4.40. The standard InChI is InChI=1S/C24H32N4O2/c1-24(2,30)22-9-8-20(17-25-22)28-11-10-19(23(28)29)16-18-6-4-5-7-21(18)27-14-12-26(3)13-15-27/h4-9,17,19,30H,10-16H2,1-3H3/t19-/m1/s1. The summed E-state index contributed by atoms with van der Waals surface area (Å²) in [5.74, 6) is 0.161. The van der Waals surface area contributed by atoms with Gasteiger partial charge in [0.25, 0.3) is 0 Å². The molecule has 1 aromatic heterocycles. The topological polar surface area (TPSA) is 59.9 Å². The molecule has 2 saturated heterocycles. The normalized spacial score (nSPS) is 20.8. The van der Waals surface area contributed by atoms with E-state index in [1.807, 2.05) is 11.0 Å². The zero-order chi connectivity index (χ0) is 21.3. The number of hydrogen-bond acceptors (Lipinski definition) is 5. The lowest BCUT2D eigenvalue weighted by Crippen LogP contribution is -2.44. The summed E-state index contributed by atoms with van der Waals surface area (Å²) in [4.78, 5) is 24.2. The Labute approximate surface area is 179 Å². The Balaban J connectivity index is 1.46. The van der Waals surface area contributed by atoms with Crippen LogP contribution in [0.25, 0.3) is 0 Å². The lowest BCUT2D eigenvalue weighted by atomic mass is 9.96. The van der Waals surface area contributed by atoms with Crippen molar-refractivity contribution in [1.29, 1.82) is 0 Å². The highest BCUT2D eigenvalue weighted by molar-refractivity contribution is 5.97. The van der Waals surface area contributed by atoms with Crippen LogP contribution in [0.3, 0.4) is 0 Å². The fourth-order valence-electron chi connectivity index (χ4n) is 4.40. The summed E-state index contributed by atoms with van der Waals surface area (Å²) in [6, 6.07) is 12.2. The third kappa shape index (κ3) is 4.35. The van der Waals surface area contributed by atoms with Gasteiger partial charge in [0.05, 0.1) is 17.6 Å². The maximum absolute atomic E-state index is 13.2. The zero-order valence-corrected chi connectivity index (χ0v) is 18.2. The van der Waals surface area contributed by atoms with Gasteiger partial charge >= 0.3 is 0 Å². The first kappa shape index (κ1) is 20.8. The Morgan fingerprint density at radius 2 is 1.80 bits per heavy atom. The van der Waals surface area contributed by atoms with Crippen molar-refractivity contribution >= 4 is 17.3 Å². The van der Waals surface area contributed by atoms with E-state index in [1.54, 1.807) is 26.1 Å². The molecule has 160 valence electrons. The molecule has 0 unspecified atom stereocenters. The number of aromatic nitrogens is 1. The highest BCUT2D eigenvalue weighted by atomic mass is 16.3. The van der Waals surface area contributed by atoms with Gasteiger partial charge in [-0.15, -0.1) is 0 Å². The molecule has 3 heterocycles. The first-order chi connectivity index (χ1) is 14.3. The summed E-state index contributed by atoms with van der Waals surface area (Å²) >= 11 is 0. The minimum atomic E-state index is -0.983. The molecule has 0 spiro atoms. The monoisotopic (exact) mass is 408 g/mol. The number of anilines is 2. The van der Waals surface area contributed by atoms with Crippen molar-refractivity contribution in [3.8, 4) is 0 Å². The van der Waals surface area contributed by atoms with E-state index in [-0.39, 0.29) is 11.8 Å². The van der Waals surface area contributed by atoms with Crippen LogP contribution in [-0.4, -0.2) is 60.7 Å². The molecular formula is C24H32N4O2. The highest BCUT2D eigenvalue weighted by Crippen LogP contribution is 2.31. The predicted octanol–water partition coefficient (Wildman–Crippen LogP) is 2.66. The van der Waals surface area contributed by atoms with Crippen LogP contribution in [0.5, 0.6) is 0 Å².